The third-order valence-electron chi connectivity index (χ3n) is 1.46. The predicted molar refractivity (Wildman–Crippen MR) is 44.5 cm³/mol. The molecule has 1 unspecified atom stereocenters. The third kappa shape index (κ3) is 3.82. The van der Waals surface area contributed by atoms with Gasteiger partial charge in [-0.25, -0.2) is 0 Å². The van der Waals surface area contributed by atoms with Crippen molar-refractivity contribution in [2.24, 2.45) is 11.5 Å². The Morgan fingerprint density at radius 3 is 1.90 bits per heavy atom. The molecule has 0 aromatic carbocycles. The highest BCUT2D eigenvalue weighted by molar-refractivity contribution is 4.68. The van der Waals surface area contributed by atoms with Gasteiger partial charge in [0.15, 0.2) is 0 Å². The molecule has 61 valence electrons. The maximum Gasteiger partial charge on any atom is 0.0108 e. The molecule has 0 aliphatic rings. The first kappa shape index (κ1) is 9.88. The second-order valence-corrected chi connectivity index (χ2v) is 2.46. The molecule has 10 heavy (non-hydrogen) atoms. The molecule has 0 bridgehead atoms. The molecule has 0 aliphatic heterocycles. The Morgan fingerprint density at radius 1 is 1.30 bits per heavy atom. The first-order valence-corrected chi connectivity index (χ1v) is 3.69. The maximum atomic E-state index is 5.39. The van der Waals surface area contributed by atoms with Gasteiger partial charge in [-0.2, -0.15) is 0 Å². The summed E-state index contributed by atoms with van der Waals surface area (Å²) in [4.78, 5) is 2.17. The van der Waals surface area contributed by atoms with Crippen molar-refractivity contribution in [1.82, 2.24) is 4.90 Å². The molecular weight excluding hydrogens is 126 g/mol. The fraction of sp³-hybridized carbons (Fsp3) is 0.857. The fourth-order valence-corrected chi connectivity index (χ4v) is 0.884. The molecule has 3 nitrogen and oxygen atoms in total. The Kier molecular flexibility index (Phi) is 5.58. The molecule has 0 aromatic rings. The van der Waals surface area contributed by atoms with Gasteiger partial charge in [0, 0.05) is 32.2 Å². The summed E-state index contributed by atoms with van der Waals surface area (Å²) < 4.78 is 0. The zero-order valence-electron chi connectivity index (χ0n) is 6.71. The van der Waals surface area contributed by atoms with Gasteiger partial charge in [0.2, 0.25) is 0 Å². The molecule has 0 spiro atoms. The maximum absolute atomic E-state index is 5.39. The monoisotopic (exact) mass is 144 g/mol. The van der Waals surface area contributed by atoms with Gasteiger partial charge in [0.25, 0.3) is 0 Å². The van der Waals surface area contributed by atoms with Crippen LogP contribution in [-0.4, -0.2) is 37.1 Å². The van der Waals surface area contributed by atoms with E-state index in [2.05, 4.69) is 11.8 Å². The second-order valence-electron chi connectivity index (χ2n) is 2.46. The van der Waals surface area contributed by atoms with Gasteiger partial charge in [0.05, 0.1) is 0 Å². The van der Waals surface area contributed by atoms with Crippen molar-refractivity contribution in [1.29, 1.82) is 0 Å². The topological polar surface area (TPSA) is 55.3 Å². The minimum absolute atomic E-state index is 0.312. The van der Waals surface area contributed by atoms with E-state index in [0.717, 1.165) is 13.1 Å². The van der Waals surface area contributed by atoms with E-state index >= 15 is 0 Å². The van der Waals surface area contributed by atoms with E-state index in [1.54, 1.807) is 0 Å². The van der Waals surface area contributed by atoms with Crippen LogP contribution in [0, 0.1) is 6.92 Å². The largest absolute Gasteiger partial charge is 0.329 e. The van der Waals surface area contributed by atoms with Gasteiger partial charge < -0.3 is 11.5 Å². The van der Waals surface area contributed by atoms with Crippen LogP contribution in [0.4, 0.5) is 0 Å². The SMILES string of the molecule is [CH2]C(C)N(CCN)CCN. The third-order valence-corrected chi connectivity index (χ3v) is 1.46. The van der Waals surface area contributed by atoms with Crippen molar-refractivity contribution < 1.29 is 0 Å². The van der Waals surface area contributed by atoms with Gasteiger partial charge in [-0.05, 0) is 13.8 Å². The lowest BCUT2D eigenvalue weighted by Crippen LogP contribution is -2.38. The summed E-state index contributed by atoms with van der Waals surface area (Å²) in [6, 6.07) is 0.312. The van der Waals surface area contributed by atoms with Crippen LogP contribution in [0.15, 0.2) is 0 Å². The molecule has 0 saturated heterocycles. The summed E-state index contributed by atoms with van der Waals surface area (Å²) in [5.41, 5.74) is 10.8. The molecule has 0 heterocycles. The fourth-order valence-electron chi connectivity index (χ4n) is 0.884. The van der Waals surface area contributed by atoms with Gasteiger partial charge >= 0.3 is 0 Å². The summed E-state index contributed by atoms with van der Waals surface area (Å²) in [6.07, 6.45) is 0. The van der Waals surface area contributed by atoms with Crippen LogP contribution in [0.5, 0.6) is 0 Å². The summed E-state index contributed by atoms with van der Waals surface area (Å²) >= 11 is 0. The quantitative estimate of drug-likeness (QED) is 0.543. The molecule has 0 saturated carbocycles. The molecule has 0 aliphatic carbocycles. The van der Waals surface area contributed by atoms with Crippen molar-refractivity contribution in [3.8, 4) is 0 Å². The highest BCUT2D eigenvalue weighted by Crippen LogP contribution is 1.93. The zero-order valence-corrected chi connectivity index (χ0v) is 6.71. The minimum atomic E-state index is 0.312. The van der Waals surface area contributed by atoms with Crippen LogP contribution in [0.3, 0.4) is 0 Å². The Labute approximate surface area is 63.4 Å². The number of rotatable bonds is 5. The van der Waals surface area contributed by atoms with Crippen molar-refractivity contribution in [2.75, 3.05) is 26.2 Å². The second kappa shape index (κ2) is 5.65. The molecule has 0 rings (SSSR count). The molecule has 1 atom stereocenters. The van der Waals surface area contributed by atoms with Crippen molar-refractivity contribution in [3.05, 3.63) is 6.92 Å². The Balaban J connectivity index is 3.50. The van der Waals surface area contributed by atoms with Crippen LogP contribution in [0.25, 0.3) is 0 Å². The highest BCUT2D eigenvalue weighted by Gasteiger charge is 2.05. The molecule has 1 radical (unpaired) electrons. The van der Waals surface area contributed by atoms with Gasteiger partial charge in [-0.1, -0.05) is 0 Å². The zero-order chi connectivity index (χ0) is 7.98. The van der Waals surface area contributed by atoms with E-state index in [4.69, 9.17) is 11.5 Å². The first-order valence-electron chi connectivity index (χ1n) is 3.69. The van der Waals surface area contributed by atoms with Crippen molar-refractivity contribution in [3.63, 3.8) is 0 Å². The standard InChI is InChI=1S/C7H18N3/c1-7(2)10(5-3-8)6-4-9/h7H,1,3-6,8-9H2,2H3. The lowest BCUT2D eigenvalue weighted by atomic mass is 10.3. The smallest absolute Gasteiger partial charge is 0.0108 e. The molecular formula is C7H18N3. The van der Waals surface area contributed by atoms with E-state index < -0.39 is 0 Å². The van der Waals surface area contributed by atoms with E-state index in [0.29, 0.717) is 19.1 Å². The molecule has 0 fully saturated rings. The molecule has 4 N–H and O–H groups in total. The van der Waals surface area contributed by atoms with E-state index in [1.165, 1.54) is 0 Å². The number of nitrogens with zero attached hydrogens (tertiary/aromatic N) is 1. The average molecular weight is 144 g/mol. The summed E-state index contributed by atoms with van der Waals surface area (Å²) in [5.74, 6) is 0. The number of hydrogen-bond acceptors (Lipinski definition) is 3. The lowest BCUT2D eigenvalue weighted by Gasteiger charge is -2.24. The van der Waals surface area contributed by atoms with E-state index in [9.17, 15) is 0 Å². The molecule has 3 heteroatoms. The van der Waals surface area contributed by atoms with Gasteiger partial charge in [-0.3, -0.25) is 4.90 Å². The van der Waals surface area contributed by atoms with Crippen LogP contribution in [0.1, 0.15) is 6.92 Å². The van der Waals surface area contributed by atoms with Crippen LogP contribution < -0.4 is 11.5 Å². The summed E-state index contributed by atoms with van der Waals surface area (Å²) in [7, 11) is 0. The van der Waals surface area contributed by atoms with E-state index in [-0.39, 0.29) is 0 Å². The van der Waals surface area contributed by atoms with E-state index in [1.807, 2.05) is 6.92 Å². The normalized spacial score (nSPS) is 11.4. The van der Waals surface area contributed by atoms with Gasteiger partial charge in [0.1, 0.15) is 0 Å². The Hall–Kier alpha value is -0.120. The summed E-state index contributed by atoms with van der Waals surface area (Å²) in [5, 5.41) is 0. The average Bonchev–Trinajstić information content (AvgIpc) is 1.87. The first-order chi connectivity index (χ1) is 4.72. The lowest BCUT2D eigenvalue weighted by molar-refractivity contribution is 0.253. The summed E-state index contributed by atoms with van der Waals surface area (Å²) in [6.45, 7) is 9.08. The Morgan fingerprint density at radius 2 is 1.70 bits per heavy atom. The Bertz CT molecular complexity index is 67.3. The van der Waals surface area contributed by atoms with Gasteiger partial charge in [-0.15, -0.1) is 0 Å². The number of nitrogens with two attached hydrogens (primary N) is 2. The van der Waals surface area contributed by atoms with Crippen LogP contribution in [0.2, 0.25) is 0 Å². The van der Waals surface area contributed by atoms with Crippen molar-refractivity contribution >= 4 is 0 Å². The number of hydrogen-bond donors (Lipinski definition) is 2. The van der Waals surface area contributed by atoms with Crippen LogP contribution >= 0.6 is 0 Å². The predicted octanol–water partition coefficient (Wildman–Crippen LogP) is -0.572. The van der Waals surface area contributed by atoms with Crippen molar-refractivity contribution in [2.45, 2.75) is 13.0 Å². The molecule has 0 aromatic heterocycles. The highest BCUT2D eigenvalue weighted by atomic mass is 15.2. The molecule has 0 amide bonds. The van der Waals surface area contributed by atoms with Crippen LogP contribution in [-0.2, 0) is 0 Å². The minimum Gasteiger partial charge on any atom is -0.329 e.